The number of imide groups is 1. The molecule has 3 aliphatic carbocycles. The lowest BCUT2D eigenvalue weighted by atomic mass is 9.85. The minimum absolute atomic E-state index is 0.106. The van der Waals surface area contributed by atoms with Gasteiger partial charge in [0.15, 0.2) is 0 Å². The van der Waals surface area contributed by atoms with E-state index in [2.05, 4.69) is 24.4 Å². The van der Waals surface area contributed by atoms with E-state index in [0.717, 1.165) is 25.7 Å². The standard InChI is InChI=1S/C23H26N2O3/c1-13-5-2-3-8-18(13)24-21(26)16-6-4-7-17(12-16)25-22(27)19-14-9-10-15(11-14)20(19)23(25)28/h4,6-7,9-10,12-15,18-20H,2-3,5,8,11H2,1H3,(H,24,26)/t13-,14+,15+,18-,19-,20+/m1/s1. The number of allylic oxidation sites excluding steroid dienone is 2. The Kier molecular flexibility index (Phi) is 4.14. The Labute approximate surface area is 165 Å². The van der Waals surface area contributed by atoms with Crippen LogP contribution >= 0.6 is 0 Å². The second kappa shape index (κ2) is 6.57. The largest absolute Gasteiger partial charge is 0.349 e. The monoisotopic (exact) mass is 378 g/mol. The van der Waals surface area contributed by atoms with Gasteiger partial charge in [-0.1, -0.05) is 38.0 Å². The second-order valence-electron chi connectivity index (χ2n) is 8.90. The maximum atomic E-state index is 13.0. The van der Waals surface area contributed by atoms with Crippen molar-refractivity contribution in [3.05, 3.63) is 42.0 Å². The number of hydrogen-bond acceptors (Lipinski definition) is 3. The van der Waals surface area contributed by atoms with Gasteiger partial charge in [-0.25, -0.2) is 4.90 Å². The third-order valence-corrected chi connectivity index (χ3v) is 7.26. The minimum Gasteiger partial charge on any atom is -0.349 e. The van der Waals surface area contributed by atoms with E-state index in [-0.39, 0.29) is 47.4 Å². The molecule has 0 spiro atoms. The fraction of sp³-hybridized carbons (Fsp3) is 0.522. The van der Waals surface area contributed by atoms with Gasteiger partial charge < -0.3 is 5.32 Å². The molecule has 1 aliphatic heterocycles. The molecule has 2 bridgehead atoms. The summed E-state index contributed by atoms with van der Waals surface area (Å²) in [7, 11) is 0. The minimum atomic E-state index is -0.219. The number of rotatable bonds is 3. The average Bonchev–Trinajstić information content (AvgIpc) is 3.37. The van der Waals surface area contributed by atoms with Gasteiger partial charge in [-0.05, 0) is 55.2 Å². The van der Waals surface area contributed by atoms with Gasteiger partial charge >= 0.3 is 0 Å². The first kappa shape index (κ1) is 17.7. The molecule has 3 amide bonds. The summed E-state index contributed by atoms with van der Waals surface area (Å²) in [5, 5.41) is 3.15. The van der Waals surface area contributed by atoms with Crippen LogP contribution in [-0.4, -0.2) is 23.8 Å². The van der Waals surface area contributed by atoms with Gasteiger partial charge in [-0.3, -0.25) is 14.4 Å². The van der Waals surface area contributed by atoms with Gasteiger partial charge in [0, 0.05) is 11.6 Å². The van der Waals surface area contributed by atoms with Crippen LogP contribution < -0.4 is 10.2 Å². The van der Waals surface area contributed by atoms with Crippen LogP contribution in [0.1, 0.15) is 49.4 Å². The lowest BCUT2D eigenvalue weighted by Gasteiger charge is -2.29. The van der Waals surface area contributed by atoms with E-state index in [1.165, 1.54) is 11.3 Å². The normalized spacial score (nSPS) is 36.1. The zero-order valence-corrected chi connectivity index (χ0v) is 16.1. The number of carbonyl (C=O) groups is 3. The molecule has 1 saturated heterocycles. The molecule has 2 saturated carbocycles. The van der Waals surface area contributed by atoms with Gasteiger partial charge in [0.05, 0.1) is 17.5 Å². The molecule has 28 heavy (non-hydrogen) atoms. The van der Waals surface area contributed by atoms with Crippen molar-refractivity contribution in [1.29, 1.82) is 0 Å². The summed E-state index contributed by atoms with van der Waals surface area (Å²) in [6.45, 7) is 2.18. The van der Waals surface area contributed by atoms with Gasteiger partial charge in [-0.2, -0.15) is 0 Å². The molecule has 0 aromatic heterocycles. The van der Waals surface area contributed by atoms with E-state index in [0.29, 0.717) is 17.2 Å². The van der Waals surface area contributed by atoms with Crippen LogP contribution in [0.3, 0.4) is 0 Å². The Bertz CT molecular complexity index is 846. The molecule has 4 aliphatic rings. The Morgan fingerprint density at radius 2 is 1.71 bits per heavy atom. The SMILES string of the molecule is C[C@@H]1CCCC[C@H]1NC(=O)c1cccc(N2C(=O)[C@@H]3[C@H](C2=O)[C@H]2C=C[C@H]3C2)c1. The highest BCUT2D eigenvalue weighted by atomic mass is 16.2. The molecule has 0 unspecified atom stereocenters. The summed E-state index contributed by atoms with van der Waals surface area (Å²) in [5.74, 6) is 0.0831. The Morgan fingerprint density at radius 3 is 2.39 bits per heavy atom. The van der Waals surface area contributed by atoms with Crippen molar-refractivity contribution in [3.63, 3.8) is 0 Å². The second-order valence-corrected chi connectivity index (χ2v) is 8.90. The third-order valence-electron chi connectivity index (χ3n) is 7.26. The van der Waals surface area contributed by atoms with Crippen LogP contribution in [0, 0.1) is 29.6 Å². The molecule has 1 N–H and O–H groups in total. The predicted molar refractivity (Wildman–Crippen MR) is 106 cm³/mol. The number of nitrogens with one attached hydrogen (secondary N) is 1. The van der Waals surface area contributed by atoms with Gasteiger partial charge in [0.1, 0.15) is 0 Å². The Morgan fingerprint density at radius 1 is 1.04 bits per heavy atom. The van der Waals surface area contributed by atoms with Crippen LogP contribution in [0.5, 0.6) is 0 Å². The molecule has 5 rings (SSSR count). The third kappa shape index (κ3) is 2.63. The molecular weight excluding hydrogens is 352 g/mol. The Hall–Kier alpha value is -2.43. The quantitative estimate of drug-likeness (QED) is 0.648. The van der Waals surface area contributed by atoms with Crippen LogP contribution in [0.25, 0.3) is 0 Å². The summed E-state index contributed by atoms with van der Waals surface area (Å²) in [4.78, 5) is 40.1. The Balaban J connectivity index is 1.37. The highest BCUT2D eigenvalue weighted by Gasteiger charge is 2.59. The van der Waals surface area contributed by atoms with Crippen molar-refractivity contribution in [2.45, 2.75) is 45.1 Å². The van der Waals surface area contributed by atoms with E-state index < -0.39 is 0 Å². The molecule has 1 aromatic carbocycles. The fourth-order valence-corrected chi connectivity index (χ4v) is 5.73. The number of fused-ring (bicyclic) bond motifs is 5. The van der Waals surface area contributed by atoms with E-state index in [1.807, 2.05) is 0 Å². The predicted octanol–water partition coefficient (Wildman–Crippen LogP) is 3.31. The van der Waals surface area contributed by atoms with Crippen molar-refractivity contribution >= 4 is 23.4 Å². The van der Waals surface area contributed by atoms with Crippen molar-refractivity contribution in [3.8, 4) is 0 Å². The highest BCUT2D eigenvalue weighted by molar-refractivity contribution is 6.23. The number of nitrogens with zero attached hydrogens (tertiary/aromatic N) is 1. The van der Waals surface area contributed by atoms with E-state index in [9.17, 15) is 14.4 Å². The number of anilines is 1. The van der Waals surface area contributed by atoms with Crippen molar-refractivity contribution in [1.82, 2.24) is 5.32 Å². The van der Waals surface area contributed by atoms with Gasteiger partial charge in [0.25, 0.3) is 5.91 Å². The van der Waals surface area contributed by atoms with Crippen LogP contribution in [0.15, 0.2) is 36.4 Å². The molecule has 3 fully saturated rings. The molecular formula is C23H26N2O3. The first-order chi connectivity index (χ1) is 13.5. The number of amides is 3. The highest BCUT2D eigenvalue weighted by Crippen LogP contribution is 2.53. The number of benzene rings is 1. The van der Waals surface area contributed by atoms with Crippen LogP contribution in [-0.2, 0) is 9.59 Å². The molecule has 1 heterocycles. The number of carbonyl (C=O) groups excluding carboxylic acids is 3. The summed E-state index contributed by atoms with van der Waals surface area (Å²) >= 11 is 0. The molecule has 5 nitrogen and oxygen atoms in total. The summed E-state index contributed by atoms with van der Waals surface area (Å²) in [6.07, 6.45) is 9.62. The van der Waals surface area contributed by atoms with Crippen molar-refractivity contribution in [2.24, 2.45) is 29.6 Å². The lowest BCUT2D eigenvalue weighted by Crippen LogP contribution is -2.41. The van der Waals surface area contributed by atoms with Gasteiger partial charge in [0.2, 0.25) is 11.8 Å². The topological polar surface area (TPSA) is 66.5 Å². The molecule has 5 heteroatoms. The van der Waals surface area contributed by atoms with Crippen molar-refractivity contribution < 1.29 is 14.4 Å². The summed E-state index contributed by atoms with van der Waals surface area (Å²) in [5.41, 5.74) is 1.03. The maximum Gasteiger partial charge on any atom is 0.251 e. The fourth-order valence-electron chi connectivity index (χ4n) is 5.73. The summed E-state index contributed by atoms with van der Waals surface area (Å²) < 4.78 is 0. The van der Waals surface area contributed by atoms with E-state index in [1.54, 1.807) is 24.3 Å². The van der Waals surface area contributed by atoms with Crippen molar-refractivity contribution in [2.75, 3.05) is 4.90 Å². The molecule has 146 valence electrons. The van der Waals surface area contributed by atoms with Crippen LogP contribution in [0.4, 0.5) is 5.69 Å². The maximum absolute atomic E-state index is 13.0. The van der Waals surface area contributed by atoms with E-state index >= 15 is 0 Å². The van der Waals surface area contributed by atoms with E-state index in [4.69, 9.17) is 0 Å². The summed E-state index contributed by atoms with van der Waals surface area (Å²) in [6, 6.07) is 7.15. The zero-order chi connectivity index (χ0) is 19.4. The molecule has 0 radical (unpaired) electrons. The molecule has 6 atom stereocenters. The average molecular weight is 378 g/mol. The van der Waals surface area contributed by atoms with Gasteiger partial charge in [-0.15, -0.1) is 0 Å². The molecule has 1 aromatic rings. The zero-order valence-electron chi connectivity index (χ0n) is 16.1. The number of hydrogen-bond donors (Lipinski definition) is 1. The van der Waals surface area contributed by atoms with Crippen LogP contribution in [0.2, 0.25) is 0 Å². The lowest BCUT2D eigenvalue weighted by molar-refractivity contribution is -0.123. The smallest absolute Gasteiger partial charge is 0.251 e. The first-order valence-electron chi connectivity index (χ1n) is 10.5. The first-order valence-corrected chi connectivity index (χ1v) is 10.5.